The molecule has 5 bridgehead atoms. The van der Waals surface area contributed by atoms with E-state index < -0.39 is 47.7 Å². The minimum absolute atomic E-state index is 0.0255. The standard InChI is InChI=1S/C37H48BrN3O7/c1-24-31(25-15-7-4-8-16-25)47-36(46)29-30-34(44)41(21-12-2-3-14-22-42)33(37(30)23-27(38)32(29)48-37)35(45)40(26-17-9-5-10-18-26)20-13-6-11-19-28(43)39-24/h4,6-8,13,15-16,23-24,26,29-33,42H,2-3,5,9-12,14,17-22H2,1H3,(H,39,43)/b13-6-/t24-,29+,30-,31+,32+,33+,37-/m1/s1. The van der Waals surface area contributed by atoms with E-state index >= 15 is 0 Å². The number of carbonyl (C=O) groups excluding carboxylic acids is 4. The molecule has 48 heavy (non-hydrogen) atoms. The average Bonchev–Trinajstić information content (AvgIpc) is 3.68. The maximum absolute atomic E-state index is 15.0. The molecule has 1 aromatic carbocycles. The van der Waals surface area contributed by atoms with Crippen molar-refractivity contribution in [1.82, 2.24) is 15.1 Å². The van der Waals surface area contributed by atoms with E-state index in [1.165, 1.54) is 0 Å². The van der Waals surface area contributed by atoms with Gasteiger partial charge in [-0.25, -0.2) is 0 Å². The van der Waals surface area contributed by atoms with Gasteiger partial charge in [0.05, 0.1) is 12.0 Å². The molecular weight excluding hydrogens is 678 g/mol. The van der Waals surface area contributed by atoms with Crippen LogP contribution in [0.3, 0.4) is 0 Å². The lowest BCUT2D eigenvalue weighted by atomic mass is 9.74. The molecule has 0 aromatic heterocycles. The number of aliphatic hydroxyl groups is 1. The number of carbonyl (C=O) groups is 4. The molecule has 1 spiro atoms. The summed E-state index contributed by atoms with van der Waals surface area (Å²) in [6.07, 6.45) is 12.9. The summed E-state index contributed by atoms with van der Waals surface area (Å²) in [5.41, 5.74) is -0.595. The van der Waals surface area contributed by atoms with Gasteiger partial charge in [-0.2, -0.15) is 0 Å². The third-order valence-electron chi connectivity index (χ3n) is 10.8. The van der Waals surface area contributed by atoms with Crippen LogP contribution in [0.2, 0.25) is 0 Å². The number of nitrogens with zero attached hydrogens (tertiary/aromatic N) is 2. The van der Waals surface area contributed by atoms with E-state index in [9.17, 15) is 24.3 Å². The number of cyclic esters (lactones) is 1. The molecule has 10 nitrogen and oxygen atoms in total. The van der Waals surface area contributed by atoms with Crippen LogP contribution in [0.5, 0.6) is 0 Å². The molecular formula is C37H48BrN3O7. The highest BCUT2D eigenvalue weighted by Gasteiger charge is 2.75. The Morgan fingerprint density at radius 3 is 2.46 bits per heavy atom. The van der Waals surface area contributed by atoms with Gasteiger partial charge in [-0.1, -0.05) is 90.5 Å². The van der Waals surface area contributed by atoms with E-state index in [0.29, 0.717) is 36.8 Å². The molecule has 1 saturated carbocycles. The molecule has 260 valence electrons. The molecule has 3 fully saturated rings. The van der Waals surface area contributed by atoms with Gasteiger partial charge in [0.25, 0.3) is 0 Å². The number of hydrogen-bond donors (Lipinski definition) is 2. The highest BCUT2D eigenvalue weighted by atomic mass is 79.9. The zero-order valence-corrected chi connectivity index (χ0v) is 29.3. The lowest BCUT2D eigenvalue weighted by Gasteiger charge is -2.40. The largest absolute Gasteiger partial charge is 0.455 e. The minimum atomic E-state index is -1.32. The lowest BCUT2D eigenvalue weighted by molar-refractivity contribution is -0.161. The van der Waals surface area contributed by atoms with Gasteiger partial charge in [0.15, 0.2) is 0 Å². The molecule has 11 heteroatoms. The van der Waals surface area contributed by atoms with Crippen molar-refractivity contribution in [3.63, 3.8) is 0 Å². The molecule has 5 aliphatic rings. The van der Waals surface area contributed by atoms with Crippen LogP contribution in [0.1, 0.15) is 89.2 Å². The maximum atomic E-state index is 15.0. The molecule has 3 amide bonds. The van der Waals surface area contributed by atoms with Crippen molar-refractivity contribution in [3.05, 3.63) is 58.6 Å². The first kappa shape index (κ1) is 34.8. The van der Waals surface area contributed by atoms with E-state index in [-0.39, 0.29) is 36.8 Å². The number of esters is 1. The number of benzene rings is 1. The van der Waals surface area contributed by atoms with Crippen molar-refractivity contribution in [1.29, 1.82) is 0 Å². The van der Waals surface area contributed by atoms with Gasteiger partial charge in [0.2, 0.25) is 17.7 Å². The molecule has 2 saturated heterocycles. The van der Waals surface area contributed by atoms with Gasteiger partial charge in [-0.15, -0.1) is 0 Å². The number of allylic oxidation sites excluding steroid dienone is 1. The van der Waals surface area contributed by atoms with Crippen LogP contribution in [-0.4, -0.2) is 88.1 Å². The Kier molecular flexibility index (Phi) is 11.1. The summed E-state index contributed by atoms with van der Waals surface area (Å²) < 4.78 is 13.6. The third-order valence-corrected chi connectivity index (χ3v) is 11.4. The number of nitrogens with one attached hydrogen (secondary N) is 1. The summed E-state index contributed by atoms with van der Waals surface area (Å²) in [7, 11) is 0. The van der Waals surface area contributed by atoms with Crippen LogP contribution in [0.25, 0.3) is 0 Å². The highest BCUT2D eigenvalue weighted by Crippen LogP contribution is 2.59. The molecule has 0 radical (unpaired) electrons. The Morgan fingerprint density at radius 1 is 0.958 bits per heavy atom. The number of hydrogen-bond acceptors (Lipinski definition) is 7. The average molecular weight is 727 g/mol. The maximum Gasteiger partial charge on any atom is 0.313 e. The normalized spacial score (nSPS) is 33.8. The van der Waals surface area contributed by atoms with Gasteiger partial charge >= 0.3 is 5.97 Å². The van der Waals surface area contributed by atoms with Gasteiger partial charge in [0, 0.05) is 36.6 Å². The van der Waals surface area contributed by atoms with Gasteiger partial charge < -0.3 is 29.7 Å². The second-order valence-electron chi connectivity index (χ2n) is 13.9. The third kappa shape index (κ3) is 6.74. The number of unbranched alkanes of at least 4 members (excludes halogenated alkanes) is 3. The fourth-order valence-electron chi connectivity index (χ4n) is 8.45. The molecule has 2 N–H and O–H groups in total. The number of halogens is 1. The SMILES string of the molecule is C[C@H]1NC(=O)CC/C=C\CN(C2CCCCC2)C(=O)[C@@H]2N(CCCCCCO)C(=O)[C@H]3[C@H](C(=O)O[C@@H]1c1ccccc1)[C@H]1O[C@@]23C=C1Br. The number of rotatable bonds is 8. The first-order valence-electron chi connectivity index (χ1n) is 17.7. The van der Waals surface area contributed by atoms with Crippen LogP contribution >= 0.6 is 15.9 Å². The molecule has 1 aliphatic carbocycles. The smallest absolute Gasteiger partial charge is 0.313 e. The van der Waals surface area contributed by atoms with E-state index in [1.807, 2.05) is 60.4 Å². The topological polar surface area (TPSA) is 125 Å². The van der Waals surface area contributed by atoms with Crippen LogP contribution in [0.4, 0.5) is 0 Å². The number of aliphatic hydroxyl groups excluding tert-OH is 1. The highest BCUT2D eigenvalue weighted by molar-refractivity contribution is 9.11. The second kappa shape index (κ2) is 15.3. The zero-order valence-electron chi connectivity index (χ0n) is 27.7. The fourth-order valence-corrected chi connectivity index (χ4v) is 9.19. The second-order valence-corrected chi connectivity index (χ2v) is 14.8. The van der Waals surface area contributed by atoms with E-state index in [4.69, 9.17) is 9.47 Å². The van der Waals surface area contributed by atoms with E-state index in [1.54, 1.807) is 4.90 Å². The number of likely N-dealkylation sites (tertiary alicyclic amines) is 1. The summed E-state index contributed by atoms with van der Waals surface area (Å²) in [5, 5.41) is 12.3. The summed E-state index contributed by atoms with van der Waals surface area (Å²) in [6.45, 7) is 2.65. The van der Waals surface area contributed by atoms with Crippen molar-refractivity contribution in [3.8, 4) is 0 Å². The summed E-state index contributed by atoms with van der Waals surface area (Å²) in [4.78, 5) is 60.6. The Labute approximate surface area is 291 Å². The van der Waals surface area contributed by atoms with E-state index in [0.717, 1.165) is 50.5 Å². The van der Waals surface area contributed by atoms with Crippen molar-refractivity contribution in [2.75, 3.05) is 19.7 Å². The van der Waals surface area contributed by atoms with Gasteiger partial charge in [-0.05, 0) is 50.7 Å². The number of amides is 3. The zero-order chi connectivity index (χ0) is 33.8. The molecule has 0 unspecified atom stereocenters. The Balaban J connectivity index is 1.41. The lowest BCUT2D eigenvalue weighted by Crippen LogP contribution is -2.58. The molecule has 6 rings (SSSR count). The van der Waals surface area contributed by atoms with E-state index in [2.05, 4.69) is 21.2 Å². The monoisotopic (exact) mass is 725 g/mol. The predicted octanol–water partition coefficient (Wildman–Crippen LogP) is 4.71. The molecule has 4 aliphatic heterocycles. The Morgan fingerprint density at radius 2 is 1.71 bits per heavy atom. The van der Waals surface area contributed by atoms with Crippen molar-refractivity contribution in [2.24, 2.45) is 11.8 Å². The minimum Gasteiger partial charge on any atom is -0.455 e. The van der Waals surface area contributed by atoms with Gasteiger partial charge in [0.1, 0.15) is 29.8 Å². The Bertz CT molecular complexity index is 1410. The first-order chi connectivity index (χ1) is 23.3. The molecule has 7 atom stereocenters. The Hall–Kier alpha value is -3.02. The summed E-state index contributed by atoms with van der Waals surface area (Å²) in [5.74, 6) is -3.09. The van der Waals surface area contributed by atoms with Gasteiger partial charge in [-0.3, -0.25) is 19.2 Å². The fraction of sp³-hybridized carbons (Fsp3) is 0.622. The quantitative estimate of drug-likeness (QED) is 0.226. The summed E-state index contributed by atoms with van der Waals surface area (Å²) in [6, 6.07) is 7.85. The van der Waals surface area contributed by atoms with Crippen LogP contribution in [0, 0.1) is 11.8 Å². The molecule has 4 heterocycles. The van der Waals surface area contributed by atoms with Crippen molar-refractivity contribution in [2.45, 2.75) is 113 Å². The van der Waals surface area contributed by atoms with Crippen molar-refractivity contribution < 1.29 is 33.8 Å². The van der Waals surface area contributed by atoms with Crippen molar-refractivity contribution >= 4 is 39.6 Å². The predicted molar refractivity (Wildman–Crippen MR) is 182 cm³/mol. The number of ether oxygens (including phenoxy) is 2. The number of fused-ring (bicyclic) bond motifs is 2. The van der Waals surface area contributed by atoms with Crippen LogP contribution in [-0.2, 0) is 28.7 Å². The first-order valence-corrected chi connectivity index (χ1v) is 18.5. The summed E-state index contributed by atoms with van der Waals surface area (Å²) >= 11 is 3.65. The van der Waals surface area contributed by atoms with Crippen LogP contribution < -0.4 is 5.32 Å². The molecule has 1 aromatic rings. The van der Waals surface area contributed by atoms with Crippen LogP contribution in [0.15, 0.2) is 53.0 Å².